The van der Waals surface area contributed by atoms with Crippen LogP contribution in [-0.2, 0) is 6.54 Å². The second-order valence-corrected chi connectivity index (χ2v) is 4.13. The van der Waals surface area contributed by atoms with Gasteiger partial charge in [0.15, 0.2) is 0 Å². The number of hydrogen-bond acceptors (Lipinski definition) is 5. The summed E-state index contributed by atoms with van der Waals surface area (Å²) >= 11 is 1.38. The van der Waals surface area contributed by atoms with E-state index in [-0.39, 0.29) is 0 Å². The summed E-state index contributed by atoms with van der Waals surface area (Å²) in [5, 5.41) is 9.44. The van der Waals surface area contributed by atoms with Crippen LogP contribution in [0.3, 0.4) is 0 Å². The number of rotatable bonds is 5. The Morgan fingerprint density at radius 3 is 2.81 bits per heavy atom. The van der Waals surface area contributed by atoms with Gasteiger partial charge in [-0.1, -0.05) is 11.4 Å². The molecule has 0 saturated carbocycles. The third kappa shape index (κ3) is 2.84. The lowest BCUT2D eigenvalue weighted by Crippen LogP contribution is -2.20. The Hall–Kier alpha value is -1.33. The van der Waals surface area contributed by atoms with E-state index in [0.29, 0.717) is 6.04 Å². The van der Waals surface area contributed by atoms with E-state index in [1.165, 1.54) is 17.1 Å². The Morgan fingerprint density at radius 1 is 1.38 bits per heavy atom. The minimum absolute atomic E-state index is 0.352. The fourth-order valence-corrected chi connectivity index (χ4v) is 2.03. The Kier molecular flexibility index (Phi) is 3.96. The highest BCUT2D eigenvalue weighted by Gasteiger charge is 2.08. The maximum atomic E-state index is 4.02. The van der Waals surface area contributed by atoms with Crippen LogP contribution in [-0.4, -0.2) is 14.6 Å². The van der Waals surface area contributed by atoms with Crippen molar-refractivity contribution in [1.29, 1.82) is 0 Å². The second kappa shape index (κ2) is 5.67. The van der Waals surface area contributed by atoms with Gasteiger partial charge >= 0.3 is 0 Å². The van der Waals surface area contributed by atoms with Crippen molar-refractivity contribution in [2.24, 2.45) is 0 Å². The van der Waals surface area contributed by atoms with E-state index in [0.717, 1.165) is 18.7 Å². The SMILES string of the molecule is CCC(NCc1csnn1)c1ccncc1. The van der Waals surface area contributed by atoms with Crippen molar-refractivity contribution >= 4 is 11.5 Å². The molecule has 1 atom stereocenters. The summed E-state index contributed by atoms with van der Waals surface area (Å²) in [5.41, 5.74) is 2.26. The number of hydrogen-bond donors (Lipinski definition) is 1. The van der Waals surface area contributed by atoms with Gasteiger partial charge in [0.05, 0.1) is 5.69 Å². The molecule has 0 amide bonds. The molecule has 2 aromatic rings. The second-order valence-electron chi connectivity index (χ2n) is 3.52. The third-order valence-corrected chi connectivity index (χ3v) is 3.00. The van der Waals surface area contributed by atoms with E-state index in [9.17, 15) is 0 Å². The molecule has 2 aromatic heterocycles. The van der Waals surface area contributed by atoms with Gasteiger partial charge in [-0.2, -0.15) is 0 Å². The Balaban J connectivity index is 1.96. The lowest BCUT2D eigenvalue weighted by molar-refractivity contribution is 0.513. The van der Waals surface area contributed by atoms with Gasteiger partial charge in [-0.05, 0) is 35.6 Å². The summed E-state index contributed by atoms with van der Waals surface area (Å²) < 4.78 is 3.84. The molecular formula is C11H14N4S. The van der Waals surface area contributed by atoms with Crippen LogP contribution in [0.4, 0.5) is 0 Å². The molecule has 0 aliphatic carbocycles. The molecule has 0 fully saturated rings. The molecule has 0 aliphatic rings. The van der Waals surface area contributed by atoms with Crippen molar-refractivity contribution in [3.05, 3.63) is 41.2 Å². The Morgan fingerprint density at radius 2 is 2.19 bits per heavy atom. The molecule has 0 bridgehead atoms. The van der Waals surface area contributed by atoms with Crippen LogP contribution in [0.2, 0.25) is 0 Å². The maximum absolute atomic E-state index is 4.02. The molecule has 0 aliphatic heterocycles. The molecule has 1 N–H and O–H groups in total. The topological polar surface area (TPSA) is 50.7 Å². The fourth-order valence-electron chi connectivity index (χ4n) is 1.58. The Bertz CT molecular complexity index is 401. The Labute approximate surface area is 98.9 Å². The van der Waals surface area contributed by atoms with Gasteiger partial charge in [-0.25, -0.2) is 0 Å². The smallest absolute Gasteiger partial charge is 0.0893 e. The van der Waals surface area contributed by atoms with Gasteiger partial charge in [0.25, 0.3) is 0 Å². The predicted octanol–water partition coefficient (Wildman–Crippen LogP) is 2.17. The summed E-state index contributed by atoms with van der Waals surface area (Å²) in [6, 6.07) is 4.44. The van der Waals surface area contributed by atoms with Gasteiger partial charge in [-0.15, -0.1) is 5.10 Å². The minimum atomic E-state index is 0.352. The summed E-state index contributed by atoms with van der Waals surface area (Å²) in [5.74, 6) is 0. The molecule has 0 saturated heterocycles. The van der Waals surface area contributed by atoms with Gasteiger partial charge in [0.2, 0.25) is 0 Å². The molecule has 0 spiro atoms. The highest BCUT2D eigenvalue weighted by Crippen LogP contribution is 2.15. The zero-order valence-electron chi connectivity index (χ0n) is 9.13. The average Bonchev–Trinajstić information content (AvgIpc) is 2.84. The first-order valence-corrected chi connectivity index (χ1v) is 6.13. The minimum Gasteiger partial charge on any atom is -0.304 e. The third-order valence-electron chi connectivity index (χ3n) is 2.45. The average molecular weight is 234 g/mol. The van der Waals surface area contributed by atoms with E-state index in [4.69, 9.17) is 0 Å². The van der Waals surface area contributed by atoms with Gasteiger partial charge < -0.3 is 5.32 Å². The van der Waals surface area contributed by atoms with Crippen molar-refractivity contribution in [3.8, 4) is 0 Å². The predicted molar refractivity (Wildman–Crippen MR) is 64.0 cm³/mol. The van der Waals surface area contributed by atoms with Crippen LogP contribution in [0.25, 0.3) is 0 Å². The number of aromatic nitrogens is 3. The lowest BCUT2D eigenvalue weighted by atomic mass is 10.1. The van der Waals surface area contributed by atoms with E-state index >= 15 is 0 Å². The van der Waals surface area contributed by atoms with Crippen LogP contribution in [0, 0.1) is 0 Å². The fraction of sp³-hybridized carbons (Fsp3) is 0.364. The normalized spacial score (nSPS) is 12.6. The molecule has 2 rings (SSSR count). The maximum Gasteiger partial charge on any atom is 0.0893 e. The van der Waals surface area contributed by atoms with E-state index < -0.39 is 0 Å². The highest BCUT2D eigenvalue weighted by atomic mass is 32.1. The molecule has 84 valence electrons. The number of nitrogens with one attached hydrogen (secondary N) is 1. The van der Waals surface area contributed by atoms with Gasteiger partial charge in [0.1, 0.15) is 0 Å². The van der Waals surface area contributed by atoms with Crippen molar-refractivity contribution < 1.29 is 0 Å². The molecule has 5 heteroatoms. The molecule has 4 nitrogen and oxygen atoms in total. The standard InChI is InChI=1S/C11H14N4S/c1-2-11(9-3-5-12-6-4-9)13-7-10-8-16-15-14-10/h3-6,8,11,13H,2,7H2,1H3. The highest BCUT2D eigenvalue weighted by molar-refractivity contribution is 7.03. The zero-order chi connectivity index (χ0) is 11.2. The van der Waals surface area contributed by atoms with Gasteiger partial charge in [-0.3, -0.25) is 4.98 Å². The van der Waals surface area contributed by atoms with Crippen LogP contribution in [0.5, 0.6) is 0 Å². The first kappa shape index (κ1) is 11.2. The van der Waals surface area contributed by atoms with E-state index in [2.05, 4.69) is 26.8 Å². The van der Waals surface area contributed by atoms with Crippen molar-refractivity contribution in [2.75, 3.05) is 0 Å². The summed E-state index contributed by atoms with van der Waals surface area (Å²) in [4.78, 5) is 4.02. The first-order valence-electron chi connectivity index (χ1n) is 5.29. The van der Waals surface area contributed by atoms with Crippen LogP contribution in [0.1, 0.15) is 30.6 Å². The number of nitrogens with zero attached hydrogens (tertiary/aromatic N) is 3. The van der Waals surface area contributed by atoms with Crippen LogP contribution >= 0.6 is 11.5 Å². The quantitative estimate of drug-likeness (QED) is 0.861. The number of pyridine rings is 1. The molecule has 16 heavy (non-hydrogen) atoms. The molecule has 0 radical (unpaired) electrons. The molecular weight excluding hydrogens is 220 g/mol. The molecule has 1 unspecified atom stereocenters. The van der Waals surface area contributed by atoms with Crippen LogP contribution < -0.4 is 5.32 Å². The first-order chi connectivity index (χ1) is 7.90. The van der Waals surface area contributed by atoms with Crippen molar-refractivity contribution in [3.63, 3.8) is 0 Å². The van der Waals surface area contributed by atoms with E-state index in [1.807, 2.05) is 29.9 Å². The van der Waals surface area contributed by atoms with Gasteiger partial charge in [0, 0.05) is 30.4 Å². The van der Waals surface area contributed by atoms with Crippen molar-refractivity contribution in [2.45, 2.75) is 25.9 Å². The monoisotopic (exact) mass is 234 g/mol. The van der Waals surface area contributed by atoms with E-state index in [1.54, 1.807) is 0 Å². The molecule has 0 aromatic carbocycles. The summed E-state index contributed by atoms with van der Waals surface area (Å²) in [6.07, 6.45) is 4.69. The zero-order valence-corrected chi connectivity index (χ0v) is 9.94. The largest absolute Gasteiger partial charge is 0.304 e. The lowest BCUT2D eigenvalue weighted by Gasteiger charge is -2.16. The summed E-state index contributed by atoms with van der Waals surface area (Å²) in [6.45, 7) is 2.93. The van der Waals surface area contributed by atoms with Crippen molar-refractivity contribution in [1.82, 2.24) is 19.9 Å². The summed E-state index contributed by atoms with van der Waals surface area (Å²) in [7, 11) is 0. The van der Waals surface area contributed by atoms with Crippen LogP contribution in [0.15, 0.2) is 29.9 Å². The molecule has 2 heterocycles.